The van der Waals surface area contributed by atoms with Crippen molar-refractivity contribution in [2.45, 2.75) is 61.9 Å². The van der Waals surface area contributed by atoms with Crippen molar-refractivity contribution in [1.82, 2.24) is 19.1 Å². The number of hydrogen-bond acceptors (Lipinski definition) is 6. The molecule has 2 aliphatic rings. The largest absolute Gasteiger partial charge is 0.480 e. The van der Waals surface area contributed by atoms with Crippen LogP contribution in [0.25, 0.3) is 0 Å². The maximum Gasteiger partial charge on any atom is 0.325 e. The van der Waals surface area contributed by atoms with Gasteiger partial charge in [-0.2, -0.15) is 9.40 Å². The van der Waals surface area contributed by atoms with Gasteiger partial charge in [-0.1, -0.05) is 18.5 Å². The zero-order valence-electron chi connectivity index (χ0n) is 20.0. The van der Waals surface area contributed by atoms with Crippen molar-refractivity contribution in [2.24, 2.45) is 0 Å². The molecular weight excluding hydrogens is 504 g/mol. The summed E-state index contributed by atoms with van der Waals surface area (Å²) in [6.07, 6.45) is 6.78. The van der Waals surface area contributed by atoms with Crippen molar-refractivity contribution in [2.75, 3.05) is 7.05 Å². The SMILES string of the molecule is CN(C1CCCc2c1cnn2CC(=O)O)S(=O)(=O)c1cnc(Oc2ccc(Cl)cc2)c(C2(C)CC2)c1. The fraction of sp³-hybridized carbons (Fsp3) is 0.400. The Morgan fingerprint density at radius 3 is 2.67 bits per heavy atom. The third-order valence-corrected chi connectivity index (χ3v) is 9.22. The van der Waals surface area contributed by atoms with Gasteiger partial charge in [0.05, 0.1) is 18.4 Å². The number of nitrogens with zero attached hydrogens (tertiary/aromatic N) is 4. The monoisotopic (exact) mass is 530 g/mol. The minimum absolute atomic E-state index is 0.0987. The molecule has 0 spiro atoms. The molecule has 1 unspecified atom stereocenters. The summed E-state index contributed by atoms with van der Waals surface area (Å²) < 4.78 is 36.3. The van der Waals surface area contributed by atoms with Gasteiger partial charge in [-0.3, -0.25) is 9.48 Å². The van der Waals surface area contributed by atoms with Crippen molar-refractivity contribution in [3.05, 3.63) is 64.6 Å². The molecule has 1 saturated carbocycles. The van der Waals surface area contributed by atoms with Gasteiger partial charge in [-0.05, 0) is 67.9 Å². The smallest absolute Gasteiger partial charge is 0.325 e. The van der Waals surface area contributed by atoms with Crippen LogP contribution >= 0.6 is 11.6 Å². The van der Waals surface area contributed by atoms with E-state index in [9.17, 15) is 18.3 Å². The van der Waals surface area contributed by atoms with Crippen molar-refractivity contribution in [3.8, 4) is 11.6 Å². The van der Waals surface area contributed by atoms with Gasteiger partial charge in [0, 0.05) is 28.9 Å². The summed E-state index contributed by atoms with van der Waals surface area (Å²) in [5, 5.41) is 14.0. The quantitative estimate of drug-likeness (QED) is 0.454. The number of carboxylic acids is 1. The number of halogens is 1. The van der Waals surface area contributed by atoms with Crippen LogP contribution in [0.3, 0.4) is 0 Å². The van der Waals surface area contributed by atoms with Gasteiger partial charge in [0.2, 0.25) is 15.9 Å². The Morgan fingerprint density at radius 1 is 1.28 bits per heavy atom. The Morgan fingerprint density at radius 2 is 2.00 bits per heavy atom. The first-order valence-electron chi connectivity index (χ1n) is 11.8. The zero-order chi connectivity index (χ0) is 25.7. The number of ether oxygens (including phenoxy) is 1. The molecule has 0 aliphatic heterocycles. The van der Waals surface area contributed by atoms with Crippen LogP contribution in [0.5, 0.6) is 11.6 Å². The summed E-state index contributed by atoms with van der Waals surface area (Å²) in [6.45, 7) is 1.82. The molecule has 2 aromatic heterocycles. The van der Waals surface area contributed by atoms with Crippen LogP contribution in [0.1, 0.15) is 55.5 Å². The number of hydrogen-bond donors (Lipinski definition) is 1. The first-order chi connectivity index (χ1) is 17.1. The summed E-state index contributed by atoms with van der Waals surface area (Å²) in [4.78, 5) is 15.7. The molecule has 0 radical (unpaired) electrons. The van der Waals surface area contributed by atoms with E-state index in [4.69, 9.17) is 16.3 Å². The Bertz CT molecular complexity index is 1420. The van der Waals surface area contributed by atoms with Crippen LogP contribution in [0.2, 0.25) is 5.02 Å². The van der Waals surface area contributed by atoms with Crippen LogP contribution in [0.15, 0.2) is 47.6 Å². The van der Waals surface area contributed by atoms with Gasteiger partial charge >= 0.3 is 5.97 Å². The average molecular weight is 531 g/mol. The van der Waals surface area contributed by atoms with Gasteiger partial charge in [0.15, 0.2) is 0 Å². The molecule has 11 heteroatoms. The summed E-state index contributed by atoms with van der Waals surface area (Å²) in [5.74, 6) is -0.0378. The summed E-state index contributed by atoms with van der Waals surface area (Å²) >= 11 is 5.97. The fourth-order valence-corrected chi connectivity index (χ4v) is 6.20. The summed E-state index contributed by atoms with van der Waals surface area (Å²) in [7, 11) is -2.35. The number of pyridine rings is 1. The highest BCUT2D eigenvalue weighted by molar-refractivity contribution is 7.89. The van der Waals surface area contributed by atoms with E-state index in [0.29, 0.717) is 29.5 Å². The highest BCUT2D eigenvalue weighted by Crippen LogP contribution is 2.51. The van der Waals surface area contributed by atoms with E-state index < -0.39 is 22.0 Å². The van der Waals surface area contributed by atoms with Crippen molar-refractivity contribution in [3.63, 3.8) is 0 Å². The third kappa shape index (κ3) is 4.60. The summed E-state index contributed by atoms with van der Waals surface area (Å²) in [5.41, 5.74) is 2.07. The number of carbonyl (C=O) groups is 1. The van der Waals surface area contributed by atoms with Crippen LogP contribution in [-0.4, -0.2) is 45.6 Å². The average Bonchev–Trinajstić information content (AvgIpc) is 3.47. The van der Waals surface area contributed by atoms with E-state index in [2.05, 4.69) is 17.0 Å². The minimum Gasteiger partial charge on any atom is -0.480 e. The lowest BCUT2D eigenvalue weighted by Gasteiger charge is -2.31. The summed E-state index contributed by atoms with van der Waals surface area (Å²) in [6, 6.07) is 8.17. The molecule has 5 rings (SSSR count). The Kier molecular flexibility index (Phi) is 6.30. The molecule has 3 aromatic rings. The van der Waals surface area contributed by atoms with Crippen LogP contribution in [-0.2, 0) is 33.2 Å². The first kappa shape index (κ1) is 24.7. The highest BCUT2D eigenvalue weighted by atomic mass is 35.5. The lowest BCUT2D eigenvalue weighted by molar-refractivity contribution is -0.137. The van der Waals surface area contributed by atoms with E-state index in [1.165, 1.54) is 15.2 Å². The molecule has 2 heterocycles. The topological polar surface area (TPSA) is 115 Å². The molecular formula is C25H27ClN4O5S. The fourth-order valence-electron chi connectivity index (χ4n) is 4.73. The number of sulfonamides is 1. The second-order valence-corrected chi connectivity index (χ2v) is 12.1. The number of rotatable bonds is 8. The Labute approximate surface area is 214 Å². The van der Waals surface area contributed by atoms with Gasteiger partial charge in [-0.25, -0.2) is 13.4 Å². The molecule has 1 aromatic carbocycles. The lowest BCUT2D eigenvalue weighted by atomic mass is 9.93. The van der Waals surface area contributed by atoms with E-state index in [-0.39, 0.29) is 16.9 Å². The molecule has 1 N–H and O–H groups in total. The predicted octanol–water partition coefficient (Wildman–Crippen LogP) is 4.56. The normalized spacial score (nSPS) is 18.6. The zero-order valence-corrected chi connectivity index (χ0v) is 21.6. The predicted molar refractivity (Wildman–Crippen MR) is 133 cm³/mol. The van der Waals surface area contributed by atoms with Crippen molar-refractivity contribution in [1.29, 1.82) is 0 Å². The number of fused-ring (bicyclic) bond motifs is 1. The molecule has 0 saturated heterocycles. The maximum absolute atomic E-state index is 13.7. The van der Waals surface area contributed by atoms with Gasteiger partial charge in [0.25, 0.3) is 0 Å². The minimum atomic E-state index is -3.90. The molecule has 9 nitrogen and oxygen atoms in total. The molecule has 2 aliphatic carbocycles. The van der Waals surface area contributed by atoms with Gasteiger partial charge < -0.3 is 9.84 Å². The molecule has 190 valence electrons. The number of carboxylic acid groups (broad SMARTS) is 1. The maximum atomic E-state index is 13.7. The van der Waals surface area contributed by atoms with Crippen LogP contribution in [0, 0.1) is 0 Å². The number of aliphatic carboxylic acids is 1. The third-order valence-electron chi connectivity index (χ3n) is 7.14. The molecule has 0 bridgehead atoms. The number of aromatic nitrogens is 3. The van der Waals surface area contributed by atoms with Crippen LogP contribution < -0.4 is 4.74 Å². The molecule has 1 fully saturated rings. The van der Waals surface area contributed by atoms with Crippen LogP contribution in [0.4, 0.5) is 0 Å². The van der Waals surface area contributed by atoms with E-state index >= 15 is 0 Å². The van der Waals surface area contributed by atoms with Crippen molar-refractivity contribution < 1.29 is 23.1 Å². The molecule has 0 amide bonds. The second-order valence-electron chi connectivity index (χ2n) is 9.67. The first-order valence-corrected chi connectivity index (χ1v) is 13.6. The van der Waals surface area contributed by atoms with Crippen molar-refractivity contribution >= 4 is 27.6 Å². The molecule has 1 atom stereocenters. The Hall–Kier alpha value is -2.95. The number of benzene rings is 1. The second kappa shape index (κ2) is 9.17. The van der Waals surface area contributed by atoms with Gasteiger partial charge in [-0.15, -0.1) is 0 Å². The molecule has 36 heavy (non-hydrogen) atoms. The highest BCUT2D eigenvalue weighted by Gasteiger charge is 2.43. The van der Waals surface area contributed by atoms with Gasteiger partial charge in [0.1, 0.15) is 17.2 Å². The van der Waals surface area contributed by atoms with E-state index in [1.54, 1.807) is 43.6 Å². The van der Waals surface area contributed by atoms with E-state index in [1.807, 2.05) is 0 Å². The standard InChI is InChI=1S/C25H27ClN4O5S/c1-25(10-11-25)20-12-18(13-27-24(20)35-17-8-6-16(26)7-9-17)36(33,34)29(2)21-4-3-5-22-19(21)14-28-30(22)15-23(31)32/h6-9,12-14,21H,3-5,10-11,15H2,1-2H3,(H,31,32). The lowest BCUT2D eigenvalue weighted by Crippen LogP contribution is -2.33. The van der Waals surface area contributed by atoms with E-state index in [0.717, 1.165) is 36.1 Å². The Balaban J connectivity index is 1.47.